The number of ketones is 1. The van der Waals surface area contributed by atoms with Gasteiger partial charge in [0, 0.05) is 5.56 Å². The first-order chi connectivity index (χ1) is 15.2. The van der Waals surface area contributed by atoms with Crippen molar-refractivity contribution in [2.24, 2.45) is 5.92 Å². The number of nitrogens with zero attached hydrogens (tertiary/aromatic N) is 2. The normalized spacial score (nSPS) is 11.6. The third kappa shape index (κ3) is 5.77. The molecule has 0 spiro atoms. The molecule has 3 aromatic rings. The van der Waals surface area contributed by atoms with E-state index in [9.17, 15) is 4.79 Å². The Morgan fingerprint density at radius 3 is 2.41 bits per heavy atom. The maximum atomic E-state index is 11.8. The Balaban J connectivity index is 1.98. The highest BCUT2D eigenvalue weighted by molar-refractivity contribution is 5.83. The zero-order valence-corrected chi connectivity index (χ0v) is 19.7. The van der Waals surface area contributed by atoms with E-state index in [1.165, 1.54) is 6.92 Å². The Hall–Kier alpha value is -3.12. The molecule has 0 saturated heterocycles. The van der Waals surface area contributed by atoms with Crippen LogP contribution in [0.2, 0.25) is 0 Å². The number of aromatic nitrogens is 2. The second kappa shape index (κ2) is 10.0. The van der Waals surface area contributed by atoms with Crippen LogP contribution >= 0.6 is 0 Å². The molecule has 0 bridgehead atoms. The van der Waals surface area contributed by atoms with Gasteiger partial charge in [0.2, 0.25) is 0 Å². The quantitative estimate of drug-likeness (QED) is 0.422. The van der Waals surface area contributed by atoms with Crippen molar-refractivity contribution in [2.75, 3.05) is 13.7 Å². The molecule has 0 N–H and O–H groups in total. The SMILES string of the molecule is COc1ccc(-n2nc(COC(C)(C)C(C)=O)cc2-c2cccc(OCC(C)C)c2)cc1. The fourth-order valence-electron chi connectivity index (χ4n) is 2.99. The number of methoxy groups -OCH3 is 1. The van der Waals surface area contributed by atoms with E-state index >= 15 is 0 Å². The van der Waals surface area contributed by atoms with Crippen molar-refractivity contribution < 1.29 is 19.0 Å². The molecule has 0 radical (unpaired) electrons. The Morgan fingerprint density at radius 2 is 1.78 bits per heavy atom. The summed E-state index contributed by atoms with van der Waals surface area (Å²) < 4.78 is 19.0. The van der Waals surface area contributed by atoms with E-state index in [0.29, 0.717) is 12.5 Å². The number of benzene rings is 2. The lowest BCUT2D eigenvalue weighted by Crippen LogP contribution is -2.32. The zero-order chi connectivity index (χ0) is 23.3. The molecule has 1 aromatic heterocycles. The molecule has 0 atom stereocenters. The van der Waals surface area contributed by atoms with Crippen molar-refractivity contribution in [3.05, 3.63) is 60.3 Å². The highest BCUT2D eigenvalue weighted by atomic mass is 16.5. The molecule has 0 aliphatic carbocycles. The number of hydrogen-bond donors (Lipinski definition) is 0. The van der Waals surface area contributed by atoms with Gasteiger partial charge in [-0.05, 0) is 69.2 Å². The highest BCUT2D eigenvalue weighted by Gasteiger charge is 2.25. The lowest BCUT2D eigenvalue weighted by atomic mass is 10.1. The van der Waals surface area contributed by atoms with Crippen LogP contribution in [0.25, 0.3) is 16.9 Å². The van der Waals surface area contributed by atoms with Crippen LogP contribution in [0.3, 0.4) is 0 Å². The van der Waals surface area contributed by atoms with E-state index in [-0.39, 0.29) is 12.4 Å². The molecule has 2 aromatic carbocycles. The lowest BCUT2D eigenvalue weighted by molar-refractivity contribution is -0.139. The van der Waals surface area contributed by atoms with Gasteiger partial charge in [-0.25, -0.2) is 4.68 Å². The van der Waals surface area contributed by atoms with Crippen molar-refractivity contribution in [1.29, 1.82) is 0 Å². The number of carbonyl (C=O) groups excluding carboxylic acids is 1. The number of hydrogen-bond acceptors (Lipinski definition) is 5. The molecule has 170 valence electrons. The Bertz CT molecular complexity index is 1050. The molecule has 0 amide bonds. The summed E-state index contributed by atoms with van der Waals surface area (Å²) in [6.45, 7) is 10.2. The first-order valence-corrected chi connectivity index (χ1v) is 10.8. The summed E-state index contributed by atoms with van der Waals surface area (Å²) in [5.41, 5.74) is 2.65. The summed E-state index contributed by atoms with van der Waals surface area (Å²) in [7, 11) is 1.64. The molecule has 0 aliphatic heterocycles. The lowest BCUT2D eigenvalue weighted by Gasteiger charge is -2.21. The second-order valence-electron chi connectivity index (χ2n) is 8.72. The molecule has 6 nitrogen and oxygen atoms in total. The Kier molecular flexibility index (Phi) is 7.36. The van der Waals surface area contributed by atoms with Gasteiger partial charge in [-0.3, -0.25) is 4.79 Å². The summed E-state index contributed by atoms with van der Waals surface area (Å²) in [6, 6.07) is 17.7. The third-order valence-corrected chi connectivity index (χ3v) is 5.22. The predicted octanol–water partition coefficient (Wildman–Crippen LogP) is 5.47. The van der Waals surface area contributed by atoms with Crippen LogP contribution in [0.5, 0.6) is 11.5 Å². The number of ether oxygens (including phenoxy) is 3. The van der Waals surface area contributed by atoms with E-state index in [4.69, 9.17) is 19.3 Å². The van der Waals surface area contributed by atoms with Crippen LogP contribution in [0.4, 0.5) is 0 Å². The minimum atomic E-state index is -0.866. The van der Waals surface area contributed by atoms with E-state index in [0.717, 1.165) is 34.1 Å². The summed E-state index contributed by atoms with van der Waals surface area (Å²) in [4.78, 5) is 11.8. The van der Waals surface area contributed by atoms with Crippen LogP contribution in [0.1, 0.15) is 40.3 Å². The van der Waals surface area contributed by atoms with Gasteiger partial charge in [0.1, 0.15) is 17.1 Å². The molecule has 0 aliphatic rings. The van der Waals surface area contributed by atoms with Crippen LogP contribution in [-0.2, 0) is 16.1 Å². The Labute approximate surface area is 190 Å². The first kappa shape index (κ1) is 23.5. The van der Waals surface area contributed by atoms with Gasteiger partial charge in [-0.15, -0.1) is 0 Å². The zero-order valence-electron chi connectivity index (χ0n) is 19.7. The van der Waals surface area contributed by atoms with Gasteiger partial charge in [-0.1, -0.05) is 26.0 Å². The highest BCUT2D eigenvalue weighted by Crippen LogP contribution is 2.29. The van der Waals surface area contributed by atoms with Crippen molar-refractivity contribution in [3.8, 4) is 28.4 Å². The average Bonchev–Trinajstić information content (AvgIpc) is 3.21. The molecular weight excluding hydrogens is 404 g/mol. The minimum absolute atomic E-state index is 0.0256. The van der Waals surface area contributed by atoms with Crippen LogP contribution in [0.15, 0.2) is 54.6 Å². The number of carbonyl (C=O) groups is 1. The van der Waals surface area contributed by atoms with Gasteiger partial charge < -0.3 is 14.2 Å². The van der Waals surface area contributed by atoms with E-state index < -0.39 is 5.60 Å². The summed E-state index contributed by atoms with van der Waals surface area (Å²) >= 11 is 0. The molecule has 0 unspecified atom stereocenters. The molecular formula is C26H32N2O4. The fourth-order valence-corrected chi connectivity index (χ4v) is 2.99. The number of Topliss-reactive ketones (excluding diaryl/α,β-unsaturated/α-hetero) is 1. The standard InChI is InChI=1S/C26H32N2O4/c1-18(2)16-31-24-9-7-8-20(14-24)25-15-21(17-32-26(4,5)19(3)29)27-28(25)22-10-12-23(30-6)13-11-22/h7-15,18H,16-17H2,1-6H3. The Morgan fingerprint density at radius 1 is 1.06 bits per heavy atom. The summed E-state index contributed by atoms with van der Waals surface area (Å²) in [5, 5.41) is 4.78. The van der Waals surface area contributed by atoms with Gasteiger partial charge in [0.15, 0.2) is 5.78 Å². The van der Waals surface area contributed by atoms with Crippen molar-refractivity contribution >= 4 is 5.78 Å². The van der Waals surface area contributed by atoms with Gasteiger partial charge in [-0.2, -0.15) is 5.10 Å². The topological polar surface area (TPSA) is 62.6 Å². The second-order valence-corrected chi connectivity index (χ2v) is 8.72. The average molecular weight is 437 g/mol. The first-order valence-electron chi connectivity index (χ1n) is 10.8. The molecule has 0 fully saturated rings. The van der Waals surface area contributed by atoms with Crippen molar-refractivity contribution in [1.82, 2.24) is 9.78 Å². The van der Waals surface area contributed by atoms with Gasteiger partial charge in [0.05, 0.1) is 37.4 Å². The smallest absolute Gasteiger partial charge is 0.161 e. The largest absolute Gasteiger partial charge is 0.497 e. The van der Waals surface area contributed by atoms with Crippen molar-refractivity contribution in [3.63, 3.8) is 0 Å². The maximum Gasteiger partial charge on any atom is 0.161 e. The van der Waals surface area contributed by atoms with Crippen LogP contribution in [-0.4, -0.2) is 34.9 Å². The monoisotopic (exact) mass is 436 g/mol. The van der Waals surface area contributed by atoms with E-state index in [2.05, 4.69) is 13.8 Å². The number of rotatable bonds is 10. The molecule has 0 saturated carbocycles. The third-order valence-electron chi connectivity index (χ3n) is 5.22. The summed E-state index contributed by atoms with van der Waals surface area (Å²) in [5.74, 6) is 2.01. The molecule has 32 heavy (non-hydrogen) atoms. The predicted molar refractivity (Wildman–Crippen MR) is 125 cm³/mol. The van der Waals surface area contributed by atoms with Crippen LogP contribution in [0, 0.1) is 5.92 Å². The van der Waals surface area contributed by atoms with Crippen LogP contribution < -0.4 is 9.47 Å². The van der Waals surface area contributed by atoms with E-state index in [1.54, 1.807) is 21.0 Å². The van der Waals surface area contributed by atoms with E-state index in [1.807, 2.05) is 59.3 Å². The van der Waals surface area contributed by atoms with Crippen molar-refractivity contribution in [2.45, 2.75) is 46.8 Å². The maximum absolute atomic E-state index is 11.8. The minimum Gasteiger partial charge on any atom is -0.497 e. The summed E-state index contributed by atoms with van der Waals surface area (Å²) in [6.07, 6.45) is 0. The molecule has 1 heterocycles. The molecule has 6 heteroatoms. The fraction of sp³-hybridized carbons (Fsp3) is 0.385. The molecule has 3 rings (SSSR count). The van der Waals surface area contributed by atoms with Gasteiger partial charge in [0.25, 0.3) is 0 Å². The van der Waals surface area contributed by atoms with Gasteiger partial charge >= 0.3 is 0 Å².